The number of thiazole rings is 1. The van der Waals surface area contributed by atoms with Crippen molar-refractivity contribution < 1.29 is 18.7 Å². The second kappa shape index (κ2) is 7.31. The number of anilines is 2. The topological polar surface area (TPSA) is 96.1 Å². The number of hydrogen-bond acceptors (Lipinski definition) is 6. The van der Waals surface area contributed by atoms with Crippen molar-refractivity contribution in [2.24, 2.45) is 0 Å². The van der Waals surface area contributed by atoms with Crippen molar-refractivity contribution in [1.29, 1.82) is 0 Å². The van der Waals surface area contributed by atoms with Crippen LogP contribution in [-0.2, 0) is 9.53 Å². The zero-order valence-corrected chi connectivity index (χ0v) is 14.1. The fourth-order valence-corrected chi connectivity index (χ4v) is 2.83. The quantitative estimate of drug-likeness (QED) is 0.586. The van der Waals surface area contributed by atoms with E-state index in [1.54, 1.807) is 18.5 Å². The number of H-pyrrole nitrogens is 1. The maximum Gasteiger partial charge on any atom is 0.356 e. The zero-order chi connectivity index (χ0) is 17.8. The number of amides is 1. The maximum absolute atomic E-state index is 13.6. The summed E-state index contributed by atoms with van der Waals surface area (Å²) in [5, 5.41) is 8.28. The number of carbonyl (C=O) groups is 2. The summed E-state index contributed by atoms with van der Waals surface area (Å²) in [6.45, 7) is 1.82. The number of halogens is 1. The number of esters is 1. The standard InChI is InChI=1S/C16H15FN4O3S/c1-2-24-15(23)14-13(10-7-9(17)3-4-11(10)20-14)21-12(22)8-19-16-18-5-6-25-16/h3-7,20H,2,8H2,1H3,(H,18,19)(H,21,22). The lowest BCUT2D eigenvalue weighted by Gasteiger charge is -2.08. The molecule has 0 fully saturated rings. The molecular formula is C16H15FN4O3S. The summed E-state index contributed by atoms with van der Waals surface area (Å²) in [6.07, 6.45) is 1.62. The molecule has 25 heavy (non-hydrogen) atoms. The second-order valence-corrected chi connectivity index (χ2v) is 5.92. The SMILES string of the molecule is CCOC(=O)c1[nH]c2ccc(F)cc2c1NC(=O)CNc1nccs1. The molecule has 0 spiro atoms. The fourth-order valence-electron chi connectivity index (χ4n) is 2.30. The molecule has 2 aromatic heterocycles. The smallest absolute Gasteiger partial charge is 0.356 e. The van der Waals surface area contributed by atoms with Crippen molar-refractivity contribution >= 4 is 44.9 Å². The van der Waals surface area contributed by atoms with E-state index in [1.165, 1.54) is 29.5 Å². The van der Waals surface area contributed by atoms with Crippen molar-refractivity contribution in [3.8, 4) is 0 Å². The Morgan fingerprint density at radius 1 is 1.40 bits per heavy atom. The van der Waals surface area contributed by atoms with Crippen molar-refractivity contribution in [1.82, 2.24) is 9.97 Å². The van der Waals surface area contributed by atoms with Gasteiger partial charge < -0.3 is 20.4 Å². The number of benzene rings is 1. The molecule has 1 aromatic carbocycles. The molecule has 2 heterocycles. The molecule has 3 N–H and O–H groups in total. The summed E-state index contributed by atoms with van der Waals surface area (Å²) in [4.78, 5) is 31.2. The minimum atomic E-state index is -0.623. The van der Waals surface area contributed by atoms with E-state index in [0.717, 1.165) is 0 Å². The lowest BCUT2D eigenvalue weighted by atomic mass is 10.2. The number of hydrogen-bond donors (Lipinski definition) is 3. The Balaban J connectivity index is 1.86. The Morgan fingerprint density at radius 3 is 2.96 bits per heavy atom. The van der Waals surface area contributed by atoms with Crippen LogP contribution in [0.25, 0.3) is 10.9 Å². The van der Waals surface area contributed by atoms with Gasteiger partial charge in [-0.15, -0.1) is 11.3 Å². The van der Waals surface area contributed by atoms with Gasteiger partial charge in [0, 0.05) is 22.5 Å². The van der Waals surface area contributed by atoms with E-state index in [0.29, 0.717) is 16.0 Å². The molecule has 0 saturated heterocycles. The Morgan fingerprint density at radius 2 is 2.24 bits per heavy atom. The molecule has 7 nitrogen and oxygen atoms in total. The molecule has 0 saturated carbocycles. The van der Waals surface area contributed by atoms with E-state index in [-0.39, 0.29) is 24.5 Å². The van der Waals surface area contributed by atoms with E-state index in [9.17, 15) is 14.0 Å². The highest BCUT2D eigenvalue weighted by molar-refractivity contribution is 7.13. The van der Waals surface area contributed by atoms with Gasteiger partial charge in [-0.3, -0.25) is 4.79 Å². The van der Waals surface area contributed by atoms with E-state index < -0.39 is 17.7 Å². The van der Waals surface area contributed by atoms with Crippen LogP contribution in [0.5, 0.6) is 0 Å². The second-order valence-electron chi connectivity index (χ2n) is 5.02. The summed E-state index contributed by atoms with van der Waals surface area (Å²) in [7, 11) is 0. The van der Waals surface area contributed by atoms with Crippen molar-refractivity contribution in [2.45, 2.75) is 6.92 Å². The summed E-state index contributed by atoms with van der Waals surface area (Å²) in [5.41, 5.74) is 0.788. The molecule has 9 heteroatoms. The summed E-state index contributed by atoms with van der Waals surface area (Å²) < 4.78 is 18.6. The van der Waals surface area contributed by atoms with Crippen LogP contribution in [-0.4, -0.2) is 35.0 Å². The molecule has 0 aliphatic heterocycles. The highest BCUT2D eigenvalue weighted by Gasteiger charge is 2.21. The van der Waals surface area contributed by atoms with Gasteiger partial charge in [0.1, 0.15) is 11.5 Å². The minimum Gasteiger partial charge on any atom is -0.461 e. The van der Waals surface area contributed by atoms with Crippen LogP contribution in [0.3, 0.4) is 0 Å². The number of carbonyl (C=O) groups excluding carboxylic acids is 2. The van der Waals surface area contributed by atoms with E-state index >= 15 is 0 Å². The predicted octanol–water partition coefficient (Wildman–Crippen LogP) is 2.99. The number of nitrogens with one attached hydrogen (secondary N) is 3. The summed E-state index contributed by atoms with van der Waals surface area (Å²) >= 11 is 1.36. The molecule has 3 rings (SSSR count). The van der Waals surface area contributed by atoms with Crippen LogP contribution in [0.4, 0.5) is 15.2 Å². The summed E-state index contributed by atoms with van der Waals surface area (Å²) in [5.74, 6) is -1.49. The maximum atomic E-state index is 13.6. The van der Waals surface area contributed by atoms with E-state index in [1.807, 2.05) is 0 Å². The fraction of sp³-hybridized carbons (Fsp3) is 0.188. The first kappa shape index (κ1) is 16.9. The number of rotatable bonds is 6. The molecule has 0 aliphatic rings. The van der Waals surface area contributed by atoms with Crippen molar-refractivity contribution in [2.75, 3.05) is 23.8 Å². The van der Waals surface area contributed by atoms with E-state index in [2.05, 4.69) is 20.6 Å². The van der Waals surface area contributed by atoms with Crippen molar-refractivity contribution in [3.63, 3.8) is 0 Å². The molecule has 0 unspecified atom stereocenters. The third kappa shape index (κ3) is 3.77. The summed E-state index contributed by atoms with van der Waals surface area (Å²) in [6, 6.07) is 4.01. The monoisotopic (exact) mass is 362 g/mol. The molecule has 0 radical (unpaired) electrons. The van der Waals surface area contributed by atoms with Crippen molar-refractivity contribution in [3.05, 3.63) is 41.3 Å². The highest BCUT2D eigenvalue weighted by Crippen LogP contribution is 2.29. The van der Waals surface area contributed by atoms with Crippen LogP contribution < -0.4 is 10.6 Å². The van der Waals surface area contributed by atoms with Gasteiger partial charge in [-0.2, -0.15) is 0 Å². The minimum absolute atomic E-state index is 0.0439. The molecule has 130 valence electrons. The van der Waals surface area contributed by atoms with Crippen LogP contribution >= 0.6 is 11.3 Å². The molecule has 1 amide bonds. The number of aromatic nitrogens is 2. The Labute approximate surface area is 146 Å². The van der Waals surface area contributed by atoms with Gasteiger partial charge in [0.05, 0.1) is 18.8 Å². The Kier molecular flexibility index (Phi) is 4.94. The van der Waals surface area contributed by atoms with Gasteiger partial charge in [-0.1, -0.05) is 0 Å². The van der Waals surface area contributed by atoms with Gasteiger partial charge in [-0.25, -0.2) is 14.2 Å². The molecular weight excluding hydrogens is 347 g/mol. The third-order valence-electron chi connectivity index (χ3n) is 3.34. The number of nitrogens with zero attached hydrogens (tertiary/aromatic N) is 1. The molecule has 0 atom stereocenters. The van der Waals surface area contributed by atoms with Gasteiger partial charge in [0.15, 0.2) is 5.13 Å². The van der Waals surface area contributed by atoms with Gasteiger partial charge >= 0.3 is 5.97 Å². The van der Waals surface area contributed by atoms with Gasteiger partial charge in [0.2, 0.25) is 5.91 Å². The lowest BCUT2D eigenvalue weighted by molar-refractivity contribution is -0.114. The first-order chi connectivity index (χ1) is 12.1. The molecule has 0 bridgehead atoms. The van der Waals surface area contributed by atoms with Crippen LogP contribution in [0.2, 0.25) is 0 Å². The first-order valence-electron chi connectivity index (χ1n) is 7.50. The van der Waals surface area contributed by atoms with Crippen LogP contribution in [0.1, 0.15) is 17.4 Å². The normalized spacial score (nSPS) is 10.6. The Bertz CT molecular complexity index is 908. The third-order valence-corrected chi connectivity index (χ3v) is 4.07. The van der Waals surface area contributed by atoms with Crippen LogP contribution in [0, 0.1) is 5.82 Å². The first-order valence-corrected chi connectivity index (χ1v) is 8.38. The predicted molar refractivity (Wildman–Crippen MR) is 93.4 cm³/mol. The van der Waals surface area contributed by atoms with Crippen LogP contribution in [0.15, 0.2) is 29.8 Å². The van der Waals surface area contributed by atoms with Gasteiger partial charge in [-0.05, 0) is 25.1 Å². The zero-order valence-electron chi connectivity index (χ0n) is 13.3. The Hall–Kier alpha value is -2.94. The molecule has 0 aliphatic carbocycles. The average molecular weight is 362 g/mol. The number of aromatic amines is 1. The van der Waals surface area contributed by atoms with Gasteiger partial charge in [0.25, 0.3) is 0 Å². The lowest BCUT2D eigenvalue weighted by Crippen LogP contribution is -2.23. The van der Waals surface area contributed by atoms with E-state index in [4.69, 9.17) is 4.74 Å². The highest BCUT2D eigenvalue weighted by atomic mass is 32.1. The largest absolute Gasteiger partial charge is 0.461 e. The molecule has 3 aromatic rings. The number of ether oxygens (including phenoxy) is 1. The average Bonchev–Trinajstić information content (AvgIpc) is 3.21. The number of fused-ring (bicyclic) bond motifs is 1.